The average Bonchev–Trinajstić information content (AvgIpc) is 2.84. The Morgan fingerprint density at radius 3 is 2.62 bits per heavy atom. The quantitative estimate of drug-likeness (QED) is 0.537. The topological polar surface area (TPSA) is 149 Å². The predicted molar refractivity (Wildman–Crippen MR) is 95.3 cm³/mol. The van der Waals surface area contributed by atoms with Crippen LogP contribution in [-0.4, -0.2) is 32.2 Å². The molecular formula is C13H16BrN7O2S. The van der Waals surface area contributed by atoms with Crippen molar-refractivity contribution in [1.29, 1.82) is 0 Å². The fraction of sp³-hybridized carbons (Fsp3) is 0.308. The second-order valence-electron chi connectivity index (χ2n) is 4.86. The van der Waals surface area contributed by atoms with Gasteiger partial charge in [0.15, 0.2) is 11.5 Å². The summed E-state index contributed by atoms with van der Waals surface area (Å²) in [7, 11) is 0. The largest absolute Gasteiger partial charge is 0.368 e. The molecule has 2 rings (SSSR count). The number of carbonyl (C=O) groups is 2. The van der Waals surface area contributed by atoms with Gasteiger partial charge in [0.25, 0.3) is 5.91 Å². The summed E-state index contributed by atoms with van der Waals surface area (Å²) in [5.41, 5.74) is 11.4. The molecule has 0 fully saturated rings. The molecule has 0 spiro atoms. The number of nitrogens with zero attached hydrogens (tertiary/aromatic N) is 3. The number of halogens is 1. The first-order valence-corrected chi connectivity index (χ1v) is 8.51. The Balaban J connectivity index is 2.36. The molecule has 0 radical (unpaired) electrons. The number of hydrogen-bond donors (Lipinski definition) is 4. The molecule has 1 atom stereocenters. The van der Waals surface area contributed by atoms with Crippen LogP contribution in [0, 0.1) is 6.92 Å². The van der Waals surface area contributed by atoms with E-state index in [0.29, 0.717) is 17.2 Å². The third-order valence-electron chi connectivity index (χ3n) is 3.10. The molecule has 0 unspecified atom stereocenters. The zero-order valence-electron chi connectivity index (χ0n) is 13.0. The van der Waals surface area contributed by atoms with Gasteiger partial charge in [-0.15, -0.1) is 0 Å². The molecule has 24 heavy (non-hydrogen) atoms. The van der Waals surface area contributed by atoms with Crippen molar-refractivity contribution < 1.29 is 9.59 Å². The van der Waals surface area contributed by atoms with E-state index in [-0.39, 0.29) is 11.5 Å². The minimum absolute atomic E-state index is 0.0226. The van der Waals surface area contributed by atoms with Crippen molar-refractivity contribution in [3.63, 3.8) is 0 Å². The highest BCUT2D eigenvalue weighted by Crippen LogP contribution is 2.32. The van der Waals surface area contributed by atoms with Gasteiger partial charge in [0, 0.05) is 0 Å². The van der Waals surface area contributed by atoms with Crippen molar-refractivity contribution in [3.8, 4) is 0 Å². The summed E-state index contributed by atoms with van der Waals surface area (Å²) < 4.78 is 4.94. The Hall–Kier alpha value is -2.27. The predicted octanol–water partition coefficient (Wildman–Crippen LogP) is 1.52. The molecule has 0 bridgehead atoms. The van der Waals surface area contributed by atoms with Crippen molar-refractivity contribution >= 4 is 55.9 Å². The van der Waals surface area contributed by atoms with Crippen LogP contribution in [0.3, 0.4) is 0 Å². The molecule has 2 heterocycles. The van der Waals surface area contributed by atoms with Crippen LogP contribution < -0.4 is 22.1 Å². The number of hydrogen-bond acceptors (Lipinski definition) is 8. The lowest BCUT2D eigenvalue weighted by Crippen LogP contribution is -2.35. The maximum Gasteiger partial charge on any atom is 0.271 e. The number of primary amides is 2. The van der Waals surface area contributed by atoms with Crippen molar-refractivity contribution in [2.75, 3.05) is 10.6 Å². The van der Waals surface area contributed by atoms with Crippen LogP contribution in [0.4, 0.5) is 16.6 Å². The lowest BCUT2D eigenvalue weighted by molar-refractivity contribution is -0.118. The Labute approximate surface area is 150 Å². The second kappa shape index (κ2) is 7.53. The molecule has 128 valence electrons. The minimum Gasteiger partial charge on any atom is -0.368 e. The van der Waals surface area contributed by atoms with E-state index in [1.807, 2.05) is 13.8 Å². The van der Waals surface area contributed by atoms with Gasteiger partial charge in [0.2, 0.25) is 5.91 Å². The summed E-state index contributed by atoms with van der Waals surface area (Å²) in [6.07, 6.45) is 1.81. The van der Waals surface area contributed by atoms with Crippen molar-refractivity contribution in [2.24, 2.45) is 11.5 Å². The highest BCUT2D eigenvalue weighted by molar-refractivity contribution is 9.10. The SMILES string of the molecule is CC[C@@H](Nc1cnc(C(N)=O)c(Nc2snc(C)c2Br)n1)C(N)=O. The van der Waals surface area contributed by atoms with E-state index >= 15 is 0 Å². The van der Waals surface area contributed by atoms with Crippen LogP contribution in [0.25, 0.3) is 0 Å². The number of nitrogens with two attached hydrogens (primary N) is 2. The zero-order chi connectivity index (χ0) is 17.9. The lowest BCUT2D eigenvalue weighted by Gasteiger charge is -2.15. The molecule has 11 heteroatoms. The molecule has 9 nitrogen and oxygen atoms in total. The summed E-state index contributed by atoms with van der Waals surface area (Å²) in [5.74, 6) is -0.772. The molecule has 2 amide bonds. The van der Waals surface area contributed by atoms with Gasteiger partial charge in [-0.1, -0.05) is 6.92 Å². The van der Waals surface area contributed by atoms with E-state index in [9.17, 15) is 9.59 Å². The summed E-state index contributed by atoms with van der Waals surface area (Å²) in [5, 5.41) is 6.51. The summed E-state index contributed by atoms with van der Waals surface area (Å²) in [4.78, 5) is 31.2. The number of aromatic nitrogens is 3. The van der Waals surface area contributed by atoms with Crippen LogP contribution in [0.2, 0.25) is 0 Å². The van der Waals surface area contributed by atoms with Gasteiger partial charge in [-0.2, -0.15) is 4.37 Å². The molecule has 0 saturated heterocycles. The smallest absolute Gasteiger partial charge is 0.271 e. The van der Waals surface area contributed by atoms with Crippen molar-refractivity contribution in [1.82, 2.24) is 14.3 Å². The summed E-state index contributed by atoms with van der Waals surface area (Å²) in [6, 6.07) is -0.594. The number of rotatable bonds is 7. The van der Waals surface area contributed by atoms with Crippen LogP contribution in [0.5, 0.6) is 0 Å². The van der Waals surface area contributed by atoms with Crippen molar-refractivity contribution in [3.05, 3.63) is 22.1 Å². The highest BCUT2D eigenvalue weighted by Gasteiger charge is 2.18. The molecule has 0 aliphatic carbocycles. The Kier molecular flexibility index (Phi) is 5.67. The summed E-state index contributed by atoms with van der Waals surface area (Å²) in [6.45, 7) is 3.65. The standard InChI is InChI=1S/C13H16BrN7O2S/c1-3-6(10(15)22)18-7-4-17-9(11(16)23)12(19-7)20-13-8(14)5(2)21-24-13/h4,6H,3H2,1-2H3,(H2,15,22)(H2,16,23)(H2,18,19,20)/t6-/m1/s1. The monoisotopic (exact) mass is 413 g/mol. The van der Waals surface area contributed by atoms with Crippen LogP contribution >= 0.6 is 27.5 Å². The van der Waals surface area contributed by atoms with E-state index in [1.54, 1.807) is 0 Å². The number of anilines is 3. The highest BCUT2D eigenvalue weighted by atomic mass is 79.9. The third kappa shape index (κ3) is 3.97. The van der Waals surface area contributed by atoms with Crippen LogP contribution in [-0.2, 0) is 4.79 Å². The van der Waals surface area contributed by atoms with Crippen LogP contribution in [0.15, 0.2) is 10.7 Å². The lowest BCUT2D eigenvalue weighted by atomic mass is 10.2. The number of nitrogens with one attached hydrogen (secondary N) is 2. The van der Waals surface area contributed by atoms with Gasteiger partial charge in [0.1, 0.15) is 16.9 Å². The van der Waals surface area contributed by atoms with E-state index in [1.165, 1.54) is 17.7 Å². The fourth-order valence-corrected chi connectivity index (χ4v) is 3.03. The molecular weight excluding hydrogens is 398 g/mol. The van der Waals surface area contributed by atoms with E-state index < -0.39 is 17.9 Å². The second-order valence-corrected chi connectivity index (χ2v) is 6.43. The minimum atomic E-state index is -0.726. The Morgan fingerprint density at radius 1 is 1.42 bits per heavy atom. The maximum atomic E-state index is 11.6. The van der Waals surface area contributed by atoms with Gasteiger partial charge in [0.05, 0.1) is 16.4 Å². The van der Waals surface area contributed by atoms with Crippen LogP contribution in [0.1, 0.15) is 29.5 Å². The number of aryl methyl sites for hydroxylation is 1. The molecule has 2 aromatic heterocycles. The van der Waals surface area contributed by atoms with Gasteiger partial charge >= 0.3 is 0 Å². The third-order valence-corrected chi connectivity index (χ3v) is 5.19. The van der Waals surface area contributed by atoms with Gasteiger partial charge in [-0.3, -0.25) is 9.59 Å². The average molecular weight is 414 g/mol. The molecule has 6 N–H and O–H groups in total. The first kappa shape index (κ1) is 18.1. The van der Waals surface area contributed by atoms with E-state index in [2.05, 4.69) is 40.9 Å². The maximum absolute atomic E-state index is 11.6. The zero-order valence-corrected chi connectivity index (χ0v) is 15.4. The van der Waals surface area contributed by atoms with E-state index in [0.717, 1.165) is 10.2 Å². The van der Waals surface area contributed by atoms with Crippen molar-refractivity contribution in [2.45, 2.75) is 26.3 Å². The molecule has 0 aliphatic rings. The molecule has 0 saturated carbocycles. The first-order valence-electron chi connectivity index (χ1n) is 6.95. The summed E-state index contributed by atoms with van der Waals surface area (Å²) >= 11 is 4.60. The van der Waals surface area contributed by atoms with E-state index in [4.69, 9.17) is 11.5 Å². The normalized spacial score (nSPS) is 11.8. The number of amides is 2. The van der Waals surface area contributed by atoms with Gasteiger partial charge in [-0.05, 0) is 40.8 Å². The Morgan fingerprint density at radius 2 is 2.12 bits per heavy atom. The van der Waals surface area contributed by atoms with Gasteiger partial charge in [-0.25, -0.2) is 9.97 Å². The van der Waals surface area contributed by atoms with Gasteiger partial charge < -0.3 is 22.1 Å². The fourth-order valence-electron chi connectivity index (χ4n) is 1.82. The first-order chi connectivity index (χ1) is 11.3. The molecule has 0 aromatic carbocycles. The Bertz CT molecular complexity index is 780. The molecule has 0 aliphatic heterocycles. The molecule has 2 aromatic rings. The number of carbonyl (C=O) groups excluding carboxylic acids is 2.